The highest BCUT2D eigenvalue weighted by Gasteiger charge is 2.32. The number of carbonyl (C=O) groups is 1. The lowest BCUT2D eigenvalue weighted by molar-refractivity contribution is 0.0601. The quantitative estimate of drug-likeness (QED) is 0.338. The summed E-state index contributed by atoms with van der Waals surface area (Å²) in [4.78, 5) is 25.3. The zero-order chi connectivity index (χ0) is 23.7. The zero-order valence-corrected chi connectivity index (χ0v) is 19.4. The summed E-state index contributed by atoms with van der Waals surface area (Å²) in [7, 11) is 0. The number of hydrogen-bond donors (Lipinski definition) is 0. The largest absolute Gasteiger partial charge is 0.448 e. The highest BCUT2D eigenvalue weighted by atomic mass is 32.1. The van der Waals surface area contributed by atoms with Gasteiger partial charge in [-0.25, -0.2) is 18.7 Å². The minimum absolute atomic E-state index is 0.0802. The SMILES string of the molecule is Cc1nc(C(=O)N2CCCCC2Cc2nc(-c3cccc(F)c3)co2)c(-c2ccc(F)cc2)s1. The van der Waals surface area contributed by atoms with Crippen molar-refractivity contribution in [2.24, 2.45) is 0 Å². The predicted octanol–water partition coefficient (Wildman–Crippen LogP) is 6.29. The summed E-state index contributed by atoms with van der Waals surface area (Å²) in [6.45, 7) is 2.49. The van der Waals surface area contributed by atoms with Crippen LogP contribution in [0.4, 0.5) is 8.78 Å². The van der Waals surface area contributed by atoms with E-state index in [0.29, 0.717) is 35.8 Å². The maximum atomic E-state index is 13.6. The molecule has 1 saturated heterocycles. The van der Waals surface area contributed by atoms with Crippen LogP contribution in [-0.4, -0.2) is 33.4 Å². The van der Waals surface area contributed by atoms with Crippen LogP contribution in [0.25, 0.3) is 21.7 Å². The molecule has 4 aromatic rings. The lowest BCUT2D eigenvalue weighted by atomic mass is 9.98. The Balaban J connectivity index is 1.39. The third-order valence-corrected chi connectivity index (χ3v) is 7.03. The molecule has 5 rings (SSSR count). The van der Waals surface area contributed by atoms with Crippen LogP contribution in [-0.2, 0) is 6.42 Å². The lowest BCUT2D eigenvalue weighted by Crippen LogP contribution is -2.45. The fourth-order valence-corrected chi connectivity index (χ4v) is 5.29. The van der Waals surface area contributed by atoms with E-state index in [0.717, 1.165) is 34.7 Å². The number of thiazole rings is 1. The third-order valence-electron chi connectivity index (χ3n) is 6.01. The Bertz CT molecular complexity index is 1320. The third kappa shape index (κ3) is 4.63. The molecule has 2 aromatic heterocycles. The van der Waals surface area contributed by atoms with Crippen molar-refractivity contribution in [3.63, 3.8) is 0 Å². The number of carbonyl (C=O) groups excluding carboxylic acids is 1. The second-order valence-electron chi connectivity index (χ2n) is 8.41. The molecular weight excluding hydrogens is 456 g/mol. The number of nitrogens with zero attached hydrogens (tertiary/aromatic N) is 3. The summed E-state index contributed by atoms with van der Waals surface area (Å²) < 4.78 is 32.7. The molecule has 0 aliphatic carbocycles. The molecule has 174 valence electrons. The van der Waals surface area contributed by atoms with E-state index in [1.165, 1.54) is 41.9 Å². The van der Waals surface area contributed by atoms with Gasteiger partial charge in [-0.05, 0) is 56.0 Å². The van der Waals surface area contributed by atoms with E-state index in [-0.39, 0.29) is 23.6 Å². The van der Waals surface area contributed by atoms with E-state index in [4.69, 9.17) is 4.42 Å². The summed E-state index contributed by atoms with van der Waals surface area (Å²) in [5, 5.41) is 0.781. The van der Waals surface area contributed by atoms with Crippen molar-refractivity contribution in [3.8, 4) is 21.7 Å². The van der Waals surface area contributed by atoms with E-state index in [2.05, 4.69) is 9.97 Å². The number of oxazole rings is 1. The Kier molecular flexibility index (Phi) is 6.24. The van der Waals surface area contributed by atoms with Crippen molar-refractivity contribution in [2.45, 2.75) is 38.6 Å². The fourth-order valence-electron chi connectivity index (χ4n) is 4.37. The van der Waals surface area contributed by atoms with Crippen molar-refractivity contribution in [1.29, 1.82) is 0 Å². The summed E-state index contributed by atoms with van der Waals surface area (Å²) in [5.74, 6) is -0.276. The van der Waals surface area contributed by atoms with Crippen LogP contribution < -0.4 is 0 Å². The topological polar surface area (TPSA) is 59.2 Å². The fraction of sp³-hybridized carbons (Fsp3) is 0.269. The lowest BCUT2D eigenvalue weighted by Gasteiger charge is -2.35. The van der Waals surface area contributed by atoms with Crippen molar-refractivity contribution in [2.75, 3.05) is 6.54 Å². The first-order chi connectivity index (χ1) is 16.5. The van der Waals surface area contributed by atoms with Gasteiger partial charge in [0, 0.05) is 24.6 Å². The Morgan fingerprint density at radius 2 is 1.91 bits per heavy atom. The van der Waals surface area contributed by atoms with Crippen LogP contribution in [0.15, 0.2) is 59.2 Å². The van der Waals surface area contributed by atoms with Crippen molar-refractivity contribution in [3.05, 3.63) is 83.0 Å². The molecule has 1 amide bonds. The molecule has 3 heterocycles. The number of piperidine rings is 1. The van der Waals surface area contributed by atoms with E-state index in [1.54, 1.807) is 24.3 Å². The van der Waals surface area contributed by atoms with Crippen LogP contribution in [0.3, 0.4) is 0 Å². The molecule has 1 aliphatic rings. The average molecular weight is 480 g/mol. The summed E-state index contributed by atoms with van der Waals surface area (Å²) in [6.07, 6.45) is 4.74. The maximum Gasteiger partial charge on any atom is 0.274 e. The normalized spacial score (nSPS) is 16.1. The second-order valence-corrected chi connectivity index (χ2v) is 9.61. The van der Waals surface area contributed by atoms with Gasteiger partial charge in [0.2, 0.25) is 0 Å². The van der Waals surface area contributed by atoms with Crippen molar-refractivity contribution in [1.82, 2.24) is 14.9 Å². The van der Waals surface area contributed by atoms with Crippen LogP contribution in [0, 0.1) is 18.6 Å². The van der Waals surface area contributed by atoms with Crippen LogP contribution in [0.5, 0.6) is 0 Å². The van der Waals surface area contributed by atoms with Crippen LogP contribution in [0.2, 0.25) is 0 Å². The summed E-state index contributed by atoms with van der Waals surface area (Å²) >= 11 is 1.43. The molecule has 0 radical (unpaired) electrons. The molecule has 0 N–H and O–H groups in total. The van der Waals surface area contributed by atoms with E-state index in [9.17, 15) is 13.6 Å². The van der Waals surface area contributed by atoms with E-state index < -0.39 is 0 Å². The second kappa shape index (κ2) is 9.46. The van der Waals surface area contributed by atoms with E-state index in [1.807, 2.05) is 11.8 Å². The minimum Gasteiger partial charge on any atom is -0.448 e. The Morgan fingerprint density at radius 3 is 2.71 bits per heavy atom. The molecule has 0 saturated carbocycles. The molecule has 1 fully saturated rings. The number of aromatic nitrogens is 2. The zero-order valence-electron chi connectivity index (χ0n) is 18.6. The number of likely N-dealkylation sites (tertiary alicyclic amines) is 1. The molecule has 1 aliphatic heterocycles. The molecule has 8 heteroatoms. The summed E-state index contributed by atoms with van der Waals surface area (Å²) in [5.41, 5.74) is 2.38. The Hall–Kier alpha value is -3.39. The molecular formula is C26H23F2N3O2S. The first kappa shape index (κ1) is 22.4. The number of benzene rings is 2. The number of hydrogen-bond acceptors (Lipinski definition) is 5. The van der Waals surface area contributed by atoms with Gasteiger partial charge in [0.1, 0.15) is 29.3 Å². The summed E-state index contributed by atoms with van der Waals surface area (Å²) in [6, 6.07) is 12.3. The highest BCUT2D eigenvalue weighted by molar-refractivity contribution is 7.15. The standard InChI is InChI=1S/C26H23F2N3O2S/c1-16-29-24(25(34-16)17-8-10-19(27)11-9-17)26(32)31-12-3-2-7-21(31)14-23-30-22(15-33-23)18-5-4-6-20(28)13-18/h4-6,8-11,13,15,21H,2-3,7,12,14H2,1H3. The van der Waals surface area contributed by atoms with Gasteiger partial charge < -0.3 is 9.32 Å². The van der Waals surface area contributed by atoms with Gasteiger partial charge in [0.05, 0.1) is 9.88 Å². The van der Waals surface area contributed by atoms with Crippen LogP contribution >= 0.6 is 11.3 Å². The van der Waals surface area contributed by atoms with Crippen LogP contribution in [0.1, 0.15) is 40.6 Å². The number of rotatable bonds is 5. The van der Waals surface area contributed by atoms with Gasteiger partial charge in [-0.2, -0.15) is 0 Å². The maximum absolute atomic E-state index is 13.6. The van der Waals surface area contributed by atoms with Gasteiger partial charge in [0.25, 0.3) is 5.91 Å². The first-order valence-electron chi connectivity index (χ1n) is 11.2. The van der Waals surface area contributed by atoms with Gasteiger partial charge in [0.15, 0.2) is 5.89 Å². The Labute approximate surface area is 200 Å². The van der Waals surface area contributed by atoms with Crippen molar-refractivity contribution < 1.29 is 18.0 Å². The van der Waals surface area contributed by atoms with Gasteiger partial charge in [-0.3, -0.25) is 4.79 Å². The molecule has 1 atom stereocenters. The van der Waals surface area contributed by atoms with E-state index >= 15 is 0 Å². The van der Waals surface area contributed by atoms with Gasteiger partial charge >= 0.3 is 0 Å². The van der Waals surface area contributed by atoms with Gasteiger partial charge in [-0.1, -0.05) is 24.3 Å². The molecule has 5 nitrogen and oxygen atoms in total. The molecule has 34 heavy (non-hydrogen) atoms. The Morgan fingerprint density at radius 1 is 1.09 bits per heavy atom. The average Bonchev–Trinajstić information content (AvgIpc) is 3.46. The monoisotopic (exact) mass is 479 g/mol. The smallest absolute Gasteiger partial charge is 0.274 e. The predicted molar refractivity (Wildman–Crippen MR) is 127 cm³/mol. The molecule has 0 spiro atoms. The highest BCUT2D eigenvalue weighted by Crippen LogP contribution is 2.33. The van der Waals surface area contributed by atoms with Crippen molar-refractivity contribution >= 4 is 17.2 Å². The number of halogens is 2. The molecule has 1 unspecified atom stereocenters. The molecule has 2 aromatic carbocycles. The number of amides is 1. The van der Waals surface area contributed by atoms with Gasteiger partial charge in [-0.15, -0.1) is 11.3 Å². The number of aryl methyl sites for hydroxylation is 1. The first-order valence-corrected chi connectivity index (χ1v) is 12.0. The molecule has 0 bridgehead atoms. The minimum atomic E-state index is -0.332.